The quantitative estimate of drug-likeness (QED) is 0.137. The third kappa shape index (κ3) is 4.08. The number of rotatable bonds is 4. The zero-order valence-electron chi connectivity index (χ0n) is 21.3. The Hall–Kier alpha value is -4.41. The second kappa shape index (κ2) is 9.40. The second-order valence-corrected chi connectivity index (χ2v) is 10.1. The van der Waals surface area contributed by atoms with Gasteiger partial charge in [0.2, 0.25) is 0 Å². The molecule has 2 aliphatic heterocycles. The number of benzene rings is 2. The lowest BCUT2D eigenvalue weighted by Gasteiger charge is -2.31. The van der Waals surface area contributed by atoms with Gasteiger partial charge in [-0.2, -0.15) is 5.10 Å². The molecule has 2 aromatic heterocycles. The van der Waals surface area contributed by atoms with Crippen molar-refractivity contribution in [2.24, 2.45) is 5.10 Å². The average molecular weight is 540 g/mol. The van der Waals surface area contributed by atoms with E-state index in [0.29, 0.717) is 16.5 Å². The van der Waals surface area contributed by atoms with Gasteiger partial charge < -0.3 is 19.7 Å². The summed E-state index contributed by atoms with van der Waals surface area (Å²) in [6.07, 6.45) is 1.76. The Balaban J connectivity index is 1.41. The number of fused-ring (bicyclic) bond motifs is 5. The van der Waals surface area contributed by atoms with Crippen molar-refractivity contribution in [2.45, 2.75) is 39.0 Å². The summed E-state index contributed by atoms with van der Waals surface area (Å²) in [6.45, 7) is 3.78. The van der Waals surface area contributed by atoms with E-state index in [4.69, 9.17) is 21.9 Å². The number of anilines is 1. The van der Waals surface area contributed by atoms with Crippen LogP contribution in [0, 0.1) is 6.92 Å². The Bertz CT molecular complexity index is 1760. The number of esters is 1. The summed E-state index contributed by atoms with van der Waals surface area (Å²) in [6, 6.07) is 17.2. The molecule has 3 N–H and O–H groups in total. The number of ether oxygens (including phenoxy) is 1. The third-order valence-corrected chi connectivity index (χ3v) is 7.50. The SMILES string of the molecule is CC[C@@]1(O)C(=O)OCc2c1cc1n(c2=O)Cc2c-1nc1ccccc1c2/C=N/NC(=S)Nc1ccc(C)cc1. The molecule has 0 saturated carbocycles. The zero-order chi connectivity index (χ0) is 27.3. The van der Waals surface area contributed by atoms with Crippen molar-refractivity contribution < 1.29 is 14.6 Å². The first-order chi connectivity index (χ1) is 18.8. The number of aliphatic hydroxyl groups is 1. The highest BCUT2D eigenvalue weighted by Gasteiger charge is 2.45. The molecule has 196 valence electrons. The molecule has 0 saturated heterocycles. The molecule has 0 spiro atoms. The number of hydrogen-bond acceptors (Lipinski definition) is 7. The van der Waals surface area contributed by atoms with Crippen molar-refractivity contribution in [3.8, 4) is 11.4 Å². The van der Waals surface area contributed by atoms with Crippen LogP contribution in [0.2, 0.25) is 0 Å². The Morgan fingerprint density at radius 2 is 1.97 bits per heavy atom. The molecular formula is C29H25N5O4S. The number of carbonyl (C=O) groups excluding carboxylic acids is 1. The molecule has 4 heterocycles. The van der Waals surface area contributed by atoms with Gasteiger partial charge in [0.05, 0.1) is 35.2 Å². The fourth-order valence-corrected chi connectivity index (χ4v) is 5.33. The van der Waals surface area contributed by atoms with Gasteiger partial charge >= 0.3 is 5.97 Å². The van der Waals surface area contributed by atoms with Crippen LogP contribution in [0.1, 0.15) is 41.2 Å². The lowest BCUT2D eigenvalue weighted by molar-refractivity contribution is -0.172. The highest BCUT2D eigenvalue weighted by atomic mass is 32.1. The molecule has 2 aromatic carbocycles. The predicted octanol–water partition coefficient (Wildman–Crippen LogP) is 3.71. The third-order valence-electron chi connectivity index (χ3n) is 7.31. The monoisotopic (exact) mass is 539 g/mol. The predicted molar refractivity (Wildman–Crippen MR) is 153 cm³/mol. The number of pyridine rings is 2. The maximum atomic E-state index is 13.5. The van der Waals surface area contributed by atoms with Crippen LogP contribution in [0.5, 0.6) is 0 Å². The summed E-state index contributed by atoms with van der Waals surface area (Å²) < 4.78 is 6.78. The smallest absolute Gasteiger partial charge is 0.343 e. The number of cyclic esters (lactones) is 1. The summed E-state index contributed by atoms with van der Waals surface area (Å²) in [5.41, 5.74) is 6.70. The molecule has 2 aliphatic rings. The van der Waals surface area contributed by atoms with E-state index in [1.54, 1.807) is 23.8 Å². The number of hydrazone groups is 1. The van der Waals surface area contributed by atoms with Gasteiger partial charge in [-0.15, -0.1) is 0 Å². The number of hydrogen-bond donors (Lipinski definition) is 3. The molecular weight excluding hydrogens is 514 g/mol. The van der Waals surface area contributed by atoms with Gasteiger partial charge in [-0.25, -0.2) is 9.78 Å². The van der Waals surface area contributed by atoms with Gasteiger partial charge in [-0.05, 0) is 49.8 Å². The summed E-state index contributed by atoms with van der Waals surface area (Å²) >= 11 is 5.40. The van der Waals surface area contributed by atoms with Crippen molar-refractivity contribution in [3.05, 3.63) is 92.8 Å². The lowest BCUT2D eigenvalue weighted by atomic mass is 9.86. The van der Waals surface area contributed by atoms with E-state index in [9.17, 15) is 14.7 Å². The van der Waals surface area contributed by atoms with E-state index in [0.717, 1.165) is 33.3 Å². The van der Waals surface area contributed by atoms with Crippen molar-refractivity contribution in [1.29, 1.82) is 0 Å². The van der Waals surface area contributed by atoms with Crippen molar-refractivity contribution in [1.82, 2.24) is 15.0 Å². The minimum absolute atomic E-state index is 0.0832. The zero-order valence-corrected chi connectivity index (χ0v) is 22.1. The molecule has 39 heavy (non-hydrogen) atoms. The van der Waals surface area contributed by atoms with E-state index in [1.165, 1.54) is 0 Å². The number of para-hydroxylation sites is 1. The molecule has 9 nitrogen and oxygen atoms in total. The van der Waals surface area contributed by atoms with Crippen LogP contribution in [0.3, 0.4) is 0 Å². The van der Waals surface area contributed by atoms with E-state index < -0.39 is 11.6 Å². The minimum Gasteiger partial charge on any atom is -0.458 e. The van der Waals surface area contributed by atoms with Crippen LogP contribution in [0.25, 0.3) is 22.3 Å². The number of nitrogens with zero attached hydrogens (tertiary/aromatic N) is 3. The molecule has 6 rings (SSSR count). The van der Waals surface area contributed by atoms with Crippen LogP contribution in [0.4, 0.5) is 5.69 Å². The van der Waals surface area contributed by atoms with Crippen LogP contribution >= 0.6 is 12.2 Å². The molecule has 0 unspecified atom stereocenters. The molecule has 10 heteroatoms. The molecule has 4 aromatic rings. The maximum Gasteiger partial charge on any atom is 0.343 e. The maximum absolute atomic E-state index is 13.5. The number of carbonyl (C=O) groups is 1. The first-order valence-electron chi connectivity index (χ1n) is 12.6. The summed E-state index contributed by atoms with van der Waals surface area (Å²) in [5, 5.41) is 19.8. The van der Waals surface area contributed by atoms with Gasteiger partial charge in [0.15, 0.2) is 10.7 Å². The number of nitrogens with one attached hydrogen (secondary N) is 2. The van der Waals surface area contributed by atoms with Gasteiger partial charge in [0.1, 0.15) is 6.61 Å². The summed E-state index contributed by atoms with van der Waals surface area (Å²) in [5.74, 6) is -0.749. The van der Waals surface area contributed by atoms with Gasteiger partial charge in [0.25, 0.3) is 5.56 Å². The van der Waals surface area contributed by atoms with Crippen LogP contribution < -0.4 is 16.3 Å². The fourth-order valence-electron chi connectivity index (χ4n) is 5.16. The van der Waals surface area contributed by atoms with E-state index in [1.807, 2.05) is 55.5 Å². The Morgan fingerprint density at radius 3 is 2.74 bits per heavy atom. The van der Waals surface area contributed by atoms with E-state index in [-0.39, 0.29) is 36.3 Å². The average Bonchev–Trinajstić information content (AvgIpc) is 3.30. The second-order valence-electron chi connectivity index (χ2n) is 9.66. The number of aromatic nitrogens is 2. The molecule has 0 bridgehead atoms. The van der Waals surface area contributed by atoms with Gasteiger partial charge in [-0.3, -0.25) is 10.2 Å². The normalized spacial score (nSPS) is 17.5. The Labute approximate surface area is 229 Å². The molecule has 0 aliphatic carbocycles. The topological polar surface area (TPSA) is 118 Å². The fraction of sp³-hybridized carbons (Fsp3) is 0.207. The summed E-state index contributed by atoms with van der Waals surface area (Å²) in [7, 11) is 0. The summed E-state index contributed by atoms with van der Waals surface area (Å²) in [4.78, 5) is 30.9. The Morgan fingerprint density at radius 1 is 1.21 bits per heavy atom. The largest absolute Gasteiger partial charge is 0.458 e. The standard InChI is InChI=1S/C29H25N5O4S/c1-3-29(37)22-12-24-25-20(14-34(24)26(35)21(22)15-38-27(29)36)19(18-6-4-5-7-23(18)32-25)13-30-33-28(39)31-17-10-8-16(2)9-11-17/h4-13,37H,3,14-15H2,1-2H3,(H2,31,33,39)/b30-13+/t29-/m0/s1. The number of thiocarbonyl (C=S) groups is 1. The molecule has 0 fully saturated rings. The van der Waals surface area contributed by atoms with Crippen molar-refractivity contribution in [3.63, 3.8) is 0 Å². The van der Waals surface area contributed by atoms with Crippen LogP contribution in [-0.4, -0.2) is 32.0 Å². The number of aryl methyl sites for hydroxylation is 1. The van der Waals surface area contributed by atoms with Crippen molar-refractivity contribution in [2.75, 3.05) is 5.32 Å². The highest BCUT2D eigenvalue weighted by Crippen LogP contribution is 2.39. The Kier molecular flexibility index (Phi) is 6.00. The first kappa shape index (κ1) is 24.9. The highest BCUT2D eigenvalue weighted by molar-refractivity contribution is 7.80. The van der Waals surface area contributed by atoms with E-state index in [2.05, 4.69) is 15.8 Å². The minimum atomic E-state index is -1.88. The molecule has 0 radical (unpaired) electrons. The van der Waals surface area contributed by atoms with Gasteiger partial charge in [0, 0.05) is 27.8 Å². The van der Waals surface area contributed by atoms with Crippen LogP contribution in [-0.2, 0) is 28.3 Å². The molecule has 1 atom stereocenters. The van der Waals surface area contributed by atoms with Crippen molar-refractivity contribution >= 4 is 46.1 Å². The van der Waals surface area contributed by atoms with Crippen LogP contribution in [0.15, 0.2) is 64.5 Å². The lowest BCUT2D eigenvalue weighted by Crippen LogP contribution is -2.44. The first-order valence-corrected chi connectivity index (χ1v) is 13.0. The molecule has 0 amide bonds. The van der Waals surface area contributed by atoms with E-state index >= 15 is 0 Å². The van der Waals surface area contributed by atoms with Gasteiger partial charge in [-0.1, -0.05) is 42.8 Å².